The van der Waals surface area contributed by atoms with Gasteiger partial charge in [0.1, 0.15) is 5.25 Å². The summed E-state index contributed by atoms with van der Waals surface area (Å²) in [6.45, 7) is 0. The second-order valence-electron chi connectivity index (χ2n) is 6.04. The third-order valence-electron chi connectivity index (χ3n) is 4.16. The standard InChI is InChI=1S/C19H13ClN4O3S/c20-11-7-5-10(6-8-11)14(25)9-15-17(26)22-19(28-15)24-23-16-12-3-1-2-4-13(12)21-18(16)27/h1-8,15,21,27H,9H2/t15-/m0/s1. The topological polar surface area (TPSA) is 107 Å². The molecule has 2 N–H and O–H groups in total. The number of amides is 1. The number of carbonyl (C=O) groups is 2. The van der Waals surface area contributed by atoms with E-state index in [1.54, 1.807) is 36.4 Å². The van der Waals surface area contributed by atoms with E-state index in [1.807, 2.05) is 12.1 Å². The van der Waals surface area contributed by atoms with Crippen molar-refractivity contribution < 1.29 is 14.7 Å². The minimum atomic E-state index is -0.645. The summed E-state index contributed by atoms with van der Waals surface area (Å²) in [4.78, 5) is 31.1. The summed E-state index contributed by atoms with van der Waals surface area (Å²) in [6, 6.07) is 13.7. The van der Waals surface area contributed by atoms with E-state index in [0.717, 1.165) is 17.3 Å². The Kier molecular flexibility index (Phi) is 4.97. The third-order valence-corrected chi connectivity index (χ3v) is 5.45. The quantitative estimate of drug-likeness (QED) is 0.470. The van der Waals surface area contributed by atoms with Gasteiger partial charge in [-0.1, -0.05) is 41.6 Å². The first-order chi connectivity index (χ1) is 13.5. The van der Waals surface area contributed by atoms with E-state index in [-0.39, 0.29) is 28.9 Å². The highest BCUT2D eigenvalue weighted by atomic mass is 35.5. The van der Waals surface area contributed by atoms with Gasteiger partial charge < -0.3 is 10.1 Å². The van der Waals surface area contributed by atoms with Crippen molar-refractivity contribution in [1.82, 2.24) is 4.98 Å². The molecule has 140 valence electrons. The minimum absolute atomic E-state index is 0.00594. The maximum Gasteiger partial charge on any atom is 0.262 e. The zero-order chi connectivity index (χ0) is 19.7. The summed E-state index contributed by atoms with van der Waals surface area (Å²) in [5.41, 5.74) is 1.47. The van der Waals surface area contributed by atoms with E-state index in [9.17, 15) is 14.7 Å². The predicted octanol–water partition coefficient (Wildman–Crippen LogP) is 4.88. The Balaban J connectivity index is 1.46. The molecule has 1 amide bonds. The van der Waals surface area contributed by atoms with Crippen LogP contribution in [0.25, 0.3) is 10.9 Å². The zero-order valence-corrected chi connectivity index (χ0v) is 15.9. The van der Waals surface area contributed by atoms with Gasteiger partial charge in [-0.25, -0.2) is 0 Å². The van der Waals surface area contributed by atoms with Crippen molar-refractivity contribution in [3.8, 4) is 5.88 Å². The van der Waals surface area contributed by atoms with Crippen LogP contribution in [0.3, 0.4) is 0 Å². The van der Waals surface area contributed by atoms with Crippen LogP contribution in [0.5, 0.6) is 5.88 Å². The molecule has 1 aromatic heterocycles. The second-order valence-corrected chi connectivity index (χ2v) is 7.65. The van der Waals surface area contributed by atoms with Crippen molar-refractivity contribution in [3.63, 3.8) is 0 Å². The van der Waals surface area contributed by atoms with E-state index < -0.39 is 11.2 Å². The molecule has 2 heterocycles. The number of nitrogens with one attached hydrogen (secondary N) is 1. The van der Waals surface area contributed by atoms with Gasteiger partial charge in [-0.2, -0.15) is 4.99 Å². The molecule has 1 aliphatic heterocycles. The molecule has 28 heavy (non-hydrogen) atoms. The van der Waals surface area contributed by atoms with Gasteiger partial charge in [0.25, 0.3) is 5.91 Å². The summed E-state index contributed by atoms with van der Waals surface area (Å²) in [6.07, 6.45) is 0.00594. The summed E-state index contributed by atoms with van der Waals surface area (Å²) in [5.74, 6) is -0.719. The molecule has 0 bridgehead atoms. The normalized spacial score (nSPS) is 16.8. The first-order valence-electron chi connectivity index (χ1n) is 8.30. The fourth-order valence-electron chi connectivity index (χ4n) is 2.77. The van der Waals surface area contributed by atoms with Gasteiger partial charge in [-0.15, -0.1) is 10.2 Å². The lowest BCUT2D eigenvalue weighted by atomic mass is 10.1. The number of aromatic amines is 1. The van der Waals surface area contributed by atoms with E-state index in [2.05, 4.69) is 20.2 Å². The Morgan fingerprint density at radius 2 is 1.93 bits per heavy atom. The van der Waals surface area contributed by atoms with E-state index >= 15 is 0 Å². The smallest absolute Gasteiger partial charge is 0.262 e. The predicted molar refractivity (Wildman–Crippen MR) is 109 cm³/mol. The molecule has 0 unspecified atom stereocenters. The largest absolute Gasteiger partial charge is 0.493 e. The Bertz CT molecular complexity index is 1140. The van der Waals surface area contributed by atoms with Gasteiger partial charge >= 0.3 is 0 Å². The first-order valence-corrected chi connectivity index (χ1v) is 9.56. The molecular formula is C19H13ClN4O3S. The van der Waals surface area contributed by atoms with Crippen molar-refractivity contribution in [2.24, 2.45) is 15.2 Å². The van der Waals surface area contributed by atoms with Crippen molar-refractivity contribution in [3.05, 3.63) is 59.1 Å². The van der Waals surface area contributed by atoms with Gasteiger partial charge in [0.2, 0.25) is 11.0 Å². The van der Waals surface area contributed by atoms with Gasteiger partial charge in [0, 0.05) is 22.4 Å². The molecule has 0 fully saturated rings. The number of aromatic hydroxyl groups is 1. The molecule has 0 saturated carbocycles. The number of rotatable bonds is 4. The number of para-hydroxylation sites is 1. The maximum absolute atomic E-state index is 12.3. The van der Waals surface area contributed by atoms with E-state index in [4.69, 9.17) is 11.6 Å². The monoisotopic (exact) mass is 412 g/mol. The molecule has 4 rings (SSSR count). The second kappa shape index (κ2) is 7.57. The number of benzene rings is 2. The van der Waals surface area contributed by atoms with Crippen molar-refractivity contribution in [2.75, 3.05) is 0 Å². The SMILES string of the molecule is O=C(C[C@@H]1SC(N=Nc2c(O)[nH]c3ccccc23)=NC1=O)c1ccc(Cl)cc1. The molecule has 1 aliphatic rings. The Morgan fingerprint density at radius 3 is 2.71 bits per heavy atom. The molecule has 9 heteroatoms. The van der Waals surface area contributed by atoms with Crippen LogP contribution in [0.2, 0.25) is 5.02 Å². The van der Waals surface area contributed by atoms with Gasteiger partial charge in [0.05, 0.1) is 5.52 Å². The number of aliphatic imine (C=N–C) groups is 1. The molecule has 0 aliphatic carbocycles. The lowest BCUT2D eigenvalue weighted by Gasteiger charge is -2.05. The van der Waals surface area contributed by atoms with Crippen molar-refractivity contribution >= 4 is 56.8 Å². The first kappa shape index (κ1) is 18.4. The number of fused-ring (bicyclic) bond motifs is 1. The third kappa shape index (κ3) is 3.69. The Morgan fingerprint density at radius 1 is 1.18 bits per heavy atom. The number of nitrogens with zero attached hydrogens (tertiary/aromatic N) is 3. The summed E-state index contributed by atoms with van der Waals surface area (Å²) in [5, 5.41) is 18.8. The Hall–Kier alpha value is -2.97. The number of thioether (sulfide) groups is 1. The number of aromatic nitrogens is 1. The van der Waals surface area contributed by atoms with Crippen LogP contribution in [-0.4, -0.2) is 32.2 Å². The average Bonchev–Trinajstić information content (AvgIpc) is 3.19. The fraction of sp³-hybridized carbons (Fsp3) is 0.105. The van der Waals surface area contributed by atoms with E-state index in [1.165, 1.54) is 0 Å². The Labute approximate surface area is 168 Å². The number of hydrogen-bond acceptors (Lipinski definition) is 6. The summed E-state index contributed by atoms with van der Waals surface area (Å²) < 4.78 is 0. The summed E-state index contributed by atoms with van der Waals surface area (Å²) >= 11 is 6.90. The zero-order valence-electron chi connectivity index (χ0n) is 14.3. The molecule has 0 radical (unpaired) electrons. The lowest BCUT2D eigenvalue weighted by molar-refractivity contribution is -0.117. The lowest BCUT2D eigenvalue weighted by Crippen LogP contribution is -2.16. The van der Waals surface area contributed by atoms with Crippen LogP contribution in [0.4, 0.5) is 5.69 Å². The molecule has 2 aromatic carbocycles. The number of H-pyrrole nitrogens is 1. The maximum atomic E-state index is 12.3. The van der Waals surface area contributed by atoms with Crippen LogP contribution in [0, 0.1) is 0 Å². The highest BCUT2D eigenvalue weighted by Crippen LogP contribution is 2.36. The molecule has 7 nitrogen and oxygen atoms in total. The molecule has 0 saturated heterocycles. The average molecular weight is 413 g/mol. The van der Waals surface area contributed by atoms with Gasteiger partial charge in [-0.05, 0) is 30.3 Å². The number of azo groups is 1. The minimum Gasteiger partial charge on any atom is -0.493 e. The highest BCUT2D eigenvalue weighted by molar-refractivity contribution is 8.15. The summed E-state index contributed by atoms with van der Waals surface area (Å²) in [7, 11) is 0. The number of halogens is 1. The molecule has 1 atom stereocenters. The van der Waals surface area contributed by atoms with Crippen molar-refractivity contribution in [1.29, 1.82) is 0 Å². The van der Waals surface area contributed by atoms with Crippen LogP contribution in [0.15, 0.2) is 63.8 Å². The number of carbonyl (C=O) groups excluding carboxylic acids is 2. The van der Waals surface area contributed by atoms with Crippen LogP contribution in [0.1, 0.15) is 16.8 Å². The van der Waals surface area contributed by atoms with Crippen LogP contribution < -0.4 is 0 Å². The number of Topliss-reactive ketones (excluding diaryl/α,β-unsaturated/α-hetero) is 1. The van der Waals surface area contributed by atoms with Gasteiger partial charge in [-0.3, -0.25) is 9.59 Å². The molecular weight excluding hydrogens is 400 g/mol. The van der Waals surface area contributed by atoms with Gasteiger partial charge in [0.15, 0.2) is 11.5 Å². The fourth-order valence-corrected chi connectivity index (χ4v) is 3.77. The highest BCUT2D eigenvalue weighted by Gasteiger charge is 2.31. The van der Waals surface area contributed by atoms with Crippen molar-refractivity contribution in [2.45, 2.75) is 11.7 Å². The van der Waals surface area contributed by atoms with E-state index in [0.29, 0.717) is 16.0 Å². The number of amidine groups is 1. The van der Waals surface area contributed by atoms with Crippen LogP contribution >= 0.6 is 23.4 Å². The number of ketones is 1. The number of hydrogen-bond donors (Lipinski definition) is 2. The van der Waals surface area contributed by atoms with Crippen LogP contribution in [-0.2, 0) is 4.79 Å². The molecule has 3 aromatic rings. The molecule has 0 spiro atoms.